The minimum Gasteiger partial charge on any atom is -0.480 e. The van der Waals surface area contributed by atoms with Crippen LogP contribution < -0.4 is 5.32 Å². The number of carbonyl (C=O) groups excluding carboxylic acids is 1. The van der Waals surface area contributed by atoms with Crippen LogP contribution in [0.1, 0.15) is 51.9 Å². The highest BCUT2D eigenvalue weighted by Gasteiger charge is 2.25. The Morgan fingerprint density at radius 3 is 2.39 bits per heavy atom. The van der Waals surface area contributed by atoms with Crippen LogP contribution in [0.4, 0.5) is 0 Å². The van der Waals surface area contributed by atoms with E-state index in [1.165, 1.54) is 39.0 Å². The summed E-state index contributed by atoms with van der Waals surface area (Å²) < 4.78 is 0. The number of carboxylic acids is 1. The number of nitrogens with one attached hydrogen (secondary N) is 1. The quantitative estimate of drug-likeness (QED) is 0.669. The Labute approximate surface area is 108 Å². The fourth-order valence-electron chi connectivity index (χ4n) is 2.45. The van der Waals surface area contributed by atoms with Gasteiger partial charge in [0.25, 0.3) is 0 Å². The summed E-state index contributed by atoms with van der Waals surface area (Å²) in [6, 6.07) is -1.20. The molecule has 0 heterocycles. The average Bonchev–Trinajstić information content (AvgIpc) is 2.34. The zero-order chi connectivity index (χ0) is 13.5. The lowest BCUT2D eigenvalue weighted by molar-refractivity contribution is -0.144. The molecule has 5 nitrogen and oxygen atoms in total. The monoisotopic (exact) mass is 257 g/mol. The van der Waals surface area contributed by atoms with Gasteiger partial charge in [0, 0.05) is 6.42 Å². The van der Waals surface area contributed by atoms with Crippen molar-refractivity contribution in [2.45, 2.75) is 64.0 Å². The molecule has 1 aliphatic rings. The third-order valence-corrected chi connectivity index (χ3v) is 3.57. The highest BCUT2D eigenvalue weighted by Crippen LogP contribution is 2.27. The highest BCUT2D eigenvalue weighted by molar-refractivity contribution is 5.83. The molecule has 1 aliphatic carbocycles. The molecule has 1 amide bonds. The normalized spacial score (nSPS) is 20.1. The summed E-state index contributed by atoms with van der Waals surface area (Å²) in [7, 11) is 0. The van der Waals surface area contributed by atoms with Gasteiger partial charge in [-0.15, -0.1) is 0 Å². The molecule has 0 aromatic carbocycles. The number of amides is 1. The van der Waals surface area contributed by atoms with Crippen molar-refractivity contribution in [1.29, 1.82) is 0 Å². The summed E-state index contributed by atoms with van der Waals surface area (Å²) in [5.74, 6) is -0.885. The minimum atomic E-state index is -1.20. The van der Waals surface area contributed by atoms with Gasteiger partial charge in [-0.2, -0.15) is 0 Å². The topological polar surface area (TPSA) is 86.6 Å². The zero-order valence-corrected chi connectivity index (χ0v) is 10.9. The molecule has 0 aliphatic heterocycles. The van der Waals surface area contributed by atoms with Gasteiger partial charge in [0.2, 0.25) is 5.91 Å². The van der Waals surface area contributed by atoms with E-state index >= 15 is 0 Å². The Morgan fingerprint density at radius 1 is 1.28 bits per heavy atom. The lowest BCUT2D eigenvalue weighted by Gasteiger charge is -2.22. The van der Waals surface area contributed by atoms with Crippen molar-refractivity contribution in [3.8, 4) is 0 Å². The van der Waals surface area contributed by atoms with E-state index in [0.717, 1.165) is 6.42 Å². The van der Waals surface area contributed by atoms with Crippen molar-refractivity contribution in [3.63, 3.8) is 0 Å². The number of rotatable bonds is 6. The van der Waals surface area contributed by atoms with Crippen LogP contribution in [-0.2, 0) is 9.59 Å². The van der Waals surface area contributed by atoms with Crippen molar-refractivity contribution in [1.82, 2.24) is 5.32 Å². The summed E-state index contributed by atoms with van der Waals surface area (Å²) in [6.07, 6.45) is 6.18. The first-order valence-corrected chi connectivity index (χ1v) is 6.71. The van der Waals surface area contributed by atoms with Gasteiger partial charge in [-0.1, -0.05) is 32.1 Å². The minimum absolute atomic E-state index is 0.283. The van der Waals surface area contributed by atoms with Crippen LogP contribution >= 0.6 is 0 Å². The van der Waals surface area contributed by atoms with Crippen molar-refractivity contribution in [2.75, 3.05) is 0 Å². The lowest BCUT2D eigenvalue weighted by Crippen LogP contribution is -2.47. The van der Waals surface area contributed by atoms with Crippen LogP contribution in [0.2, 0.25) is 0 Å². The van der Waals surface area contributed by atoms with Gasteiger partial charge in [0.15, 0.2) is 6.04 Å². The summed E-state index contributed by atoms with van der Waals surface area (Å²) in [6.45, 7) is 1.36. The van der Waals surface area contributed by atoms with Crippen molar-refractivity contribution in [3.05, 3.63) is 0 Å². The summed E-state index contributed by atoms with van der Waals surface area (Å²) in [5.41, 5.74) is 0. The van der Waals surface area contributed by atoms with Crippen molar-refractivity contribution >= 4 is 11.9 Å². The molecule has 1 rings (SSSR count). The zero-order valence-electron chi connectivity index (χ0n) is 10.9. The molecule has 0 spiro atoms. The predicted molar refractivity (Wildman–Crippen MR) is 67.1 cm³/mol. The maximum atomic E-state index is 11.6. The second-order valence-electron chi connectivity index (χ2n) is 5.17. The molecule has 104 valence electrons. The Morgan fingerprint density at radius 2 is 1.89 bits per heavy atom. The smallest absolute Gasteiger partial charge is 0.328 e. The molecule has 1 saturated carbocycles. The molecule has 3 N–H and O–H groups in total. The van der Waals surface area contributed by atoms with Gasteiger partial charge < -0.3 is 15.5 Å². The average molecular weight is 257 g/mol. The van der Waals surface area contributed by atoms with Gasteiger partial charge in [-0.05, 0) is 19.3 Å². The first kappa shape index (κ1) is 15.0. The standard InChI is InChI=1S/C13H23NO4/c1-9(15)12(13(17)18)14-11(16)8-7-10-5-3-2-4-6-10/h9-10,12,15H,2-8H2,1H3,(H,14,16)(H,17,18)/t9-,12+/m1/s1. The lowest BCUT2D eigenvalue weighted by atomic mass is 9.86. The molecule has 0 aromatic rings. The third-order valence-electron chi connectivity index (χ3n) is 3.57. The van der Waals surface area contributed by atoms with E-state index in [0.29, 0.717) is 12.3 Å². The number of carbonyl (C=O) groups is 2. The van der Waals surface area contributed by atoms with Crippen LogP contribution in [0.25, 0.3) is 0 Å². The Balaban J connectivity index is 2.29. The Kier molecular flexibility index (Phi) is 6.12. The molecule has 0 radical (unpaired) electrons. The van der Waals surface area contributed by atoms with Crippen LogP contribution in [0.5, 0.6) is 0 Å². The fraction of sp³-hybridized carbons (Fsp3) is 0.846. The summed E-state index contributed by atoms with van der Waals surface area (Å²) in [5, 5.41) is 20.5. The number of aliphatic hydroxyl groups is 1. The SMILES string of the molecule is C[C@@H](O)[C@H](NC(=O)CCC1CCCCC1)C(=O)O. The van der Waals surface area contributed by atoms with E-state index in [2.05, 4.69) is 5.32 Å². The van der Waals surface area contributed by atoms with Crippen LogP contribution in [0, 0.1) is 5.92 Å². The van der Waals surface area contributed by atoms with Crippen LogP contribution in [-0.4, -0.2) is 34.2 Å². The van der Waals surface area contributed by atoms with E-state index in [1.807, 2.05) is 0 Å². The van der Waals surface area contributed by atoms with E-state index in [4.69, 9.17) is 5.11 Å². The highest BCUT2D eigenvalue weighted by atomic mass is 16.4. The molecule has 2 atom stereocenters. The van der Waals surface area contributed by atoms with Gasteiger partial charge in [0.1, 0.15) is 0 Å². The largest absolute Gasteiger partial charge is 0.480 e. The third kappa shape index (κ3) is 5.04. The number of hydrogen-bond donors (Lipinski definition) is 3. The van der Waals surface area contributed by atoms with E-state index in [1.54, 1.807) is 0 Å². The van der Waals surface area contributed by atoms with E-state index in [9.17, 15) is 14.7 Å². The first-order valence-electron chi connectivity index (χ1n) is 6.71. The maximum absolute atomic E-state index is 11.6. The van der Waals surface area contributed by atoms with Gasteiger partial charge in [0.05, 0.1) is 6.10 Å². The maximum Gasteiger partial charge on any atom is 0.328 e. The second kappa shape index (κ2) is 7.36. The Bertz CT molecular complexity index is 285. The Hall–Kier alpha value is -1.10. The summed E-state index contributed by atoms with van der Waals surface area (Å²) in [4.78, 5) is 22.4. The number of carboxylic acid groups (broad SMARTS) is 1. The molecule has 0 saturated heterocycles. The van der Waals surface area contributed by atoms with Crippen LogP contribution in [0.15, 0.2) is 0 Å². The number of aliphatic carboxylic acids is 1. The van der Waals surface area contributed by atoms with E-state index in [-0.39, 0.29) is 5.91 Å². The second-order valence-corrected chi connectivity index (χ2v) is 5.17. The molecule has 0 unspecified atom stereocenters. The predicted octanol–water partition coefficient (Wildman–Crippen LogP) is 1.30. The molecule has 0 bridgehead atoms. The molecular formula is C13H23NO4. The summed E-state index contributed by atoms with van der Waals surface area (Å²) >= 11 is 0. The molecule has 1 fully saturated rings. The van der Waals surface area contributed by atoms with Gasteiger partial charge >= 0.3 is 5.97 Å². The van der Waals surface area contributed by atoms with Gasteiger partial charge in [-0.25, -0.2) is 4.79 Å². The number of aliphatic hydroxyl groups excluding tert-OH is 1. The fourth-order valence-corrected chi connectivity index (χ4v) is 2.45. The van der Waals surface area contributed by atoms with Crippen molar-refractivity contribution in [2.24, 2.45) is 5.92 Å². The molecule has 5 heteroatoms. The van der Waals surface area contributed by atoms with Crippen molar-refractivity contribution < 1.29 is 19.8 Å². The number of hydrogen-bond acceptors (Lipinski definition) is 3. The molecular weight excluding hydrogens is 234 g/mol. The van der Waals surface area contributed by atoms with E-state index < -0.39 is 18.1 Å². The van der Waals surface area contributed by atoms with Crippen LogP contribution in [0.3, 0.4) is 0 Å². The first-order chi connectivity index (χ1) is 8.50. The molecule has 0 aromatic heterocycles. The molecule has 18 heavy (non-hydrogen) atoms. The van der Waals surface area contributed by atoms with Gasteiger partial charge in [-0.3, -0.25) is 4.79 Å².